The Morgan fingerprint density at radius 2 is 1.76 bits per heavy atom. The van der Waals surface area contributed by atoms with Gasteiger partial charge in [0.25, 0.3) is 0 Å². The monoisotopic (exact) mass is 290 g/mol. The molecule has 0 radical (unpaired) electrons. The van der Waals surface area contributed by atoms with E-state index in [-0.39, 0.29) is 28.2 Å². The number of H-pyrrole nitrogens is 1. The number of nitrogen functional groups attached to an aromatic ring is 1. The number of aromatic amines is 1. The van der Waals surface area contributed by atoms with Gasteiger partial charge in [0, 0.05) is 17.8 Å². The van der Waals surface area contributed by atoms with Crippen LogP contribution in [-0.2, 0) is 0 Å². The molecule has 0 aliphatic carbocycles. The number of rotatable bonds is 2. The topological polar surface area (TPSA) is 67.6 Å². The molecule has 0 spiro atoms. The number of pyridine rings is 1. The molecule has 21 heavy (non-hydrogen) atoms. The lowest BCUT2D eigenvalue weighted by Gasteiger charge is -2.06. The van der Waals surface area contributed by atoms with Crippen molar-refractivity contribution in [2.24, 2.45) is 0 Å². The number of aromatic nitrogens is 3. The molecule has 0 aliphatic rings. The first kappa shape index (κ1) is 13.2. The van der Waals surface area contributed by atoms with Gasteiger partial charge in [0.05, 0.1) is 17.5 Å². The fraction of sp³-hybridized carbons (Fsp3) is 0. The van der Waals surface area contributed by atoms with Crippen molar-refractivity contribution in [2.45, 2.75) is 0 Å². The van der Waals surface area contributed by atoms with Gasteiger partial charge in [-0.25, -0.2) is 13.2 Å². The first-order valence-corrected chi connectivity index (χ1v) is 5.96. The zero-order valence-electron chi connectivity index (χ0n) is 10.6. The molecule has 4 nitrogen and oxygen atoms in total. The summed E-state index contributed by atoms with van der Waals surface area (Å²) < 4.78 is 40.6. The molecule has 0 saturated carbocycles. The normalized spacial score (nSPS) is 10.8. The first-order chi connectivity index (χ1) is 10.1. The Balaban J connectivity index is 2.25. The third-order valence-corrected chi connectivity index (χ3v) is 2.99. The molecule has 0 amide bonds. The van der Waals surface area contributed by atoms with Crippen LogP contribution in [0.4, 0.5) is 19.0 Å². The van der Waals surface area contributed by atoms with Crippen molar-refractivity contribution >= 4 is 5.82 Å². The largest absolute Gasteiger partial charge is 0.382 e. The van der Waals surface area contributed by atoms with Crippen molar-refractivity contribution in [2.75, 3.05) is 5.73 Å². The van der Waals surface area contributed by atoms with Gasteiger partial charge in [-0.05, 0) is 23.8 Å². The molecule has 7 heteroatoms. The van der Waals surface area contributed by atoms with E-state index in [1.807, 2.05) is 0 Å². The Labute approximate surface area is 117 Å². The Kier molecular flexibility index (Phi) is 3.09. The molecule has 106 valence electrons. The second-order valence-corrected chi connectivity index (χ2v) is 4.37. The van der Waals surface area contributed by atoms with Gasteiger partial charge < -0.3 is 5.73 Å². The minimum atomic E-state index is -0.758. The summed E-state index contributed by atoms with van der Waals surface area (Å²) in [5, 5.41) is 6.37. The quantitative estimate of drug-likeness (QED) is 0.762. The summed E-state index contributed by atoms with van der Waals surface area (Å²) in [4.78, 5) is 3.65. The van der Waals surface area contributed by atoms with Crippen LogP contribution < -0.4 is 5.73 Å². The van der Waals surface area contributed by atoms with E-state index in [4.69, 9.17) is 5.73 Å². The number of nitrogens with zero attached hydrogens (tertiary/aromatic N) is 2. The molecular formula is C14H9F3N4. The number of hydrogen-bond donors (Lipinski definition) is 2. The summed E-state index contributed by atoms with van der Waals surface area (Å²) in [5.41, 5.74) is 6.54. The Bertz CT molecular complexity index is 793. The third-order valence-electron chi connectivity index (χ3n) is 2.99. The van der Waals surface area contributed by atoms with Gasteiger partial charge in [0.15, 0.2) is 11.6 Å². The van der Waals surface area contributed by atoms with Gasteiger partial charge in [0.2, 0.25) is 0 Å². The van der Waals surface area contributed by atoms with Gasteiger partial charge in [-0.2, -0.15) is 5.10 Å². The summed E-state index contributed by atoms with van der Waals surface area (Å²) in [6.45, 7) is 0. The maximum Gasteiger partial charge on any atom is 0.153 e. The number of halogens is 3. The molecule has 0 saturated heterocycles. The van der Waals surface area contributed by atoms with E-state index in [1.54, 1.807) is 0 Å². The SMILES string of the molecule is Nc1n[nH]c(-c2ccncc2F)c1-c1cc(F)cc(F)c1. The molecule has 0 bridgehead atoms. The zero-order chi connectivity index (χ0) is 15.0. The number of nitrogens with one attached hydrogen (secondary N) is 1. The predicted molar refractivity (Wildman–Crippen MR) is 71.5 cm³/mol. The summed E-state index contributed by atoms with van der Waals surface area (Å²) in [6.07, 6.45) is 2.42. The van der Waals surface area contributed by atoms with Crippen molar-refractivity contribution in [3.05, 3.63) is 54.1 Å². The average Bonchev–Trinajstić information content (AvgIpc) is 2.80. The fourth-order valence-electron chi connectivity index (χ4n) is 2.12. The van der Waals surface area contributed by atoms with E-state index in [1.165, 1.54) is 12.3 Å². The van der Waals surface area contributed by atoms with Crippen molar-refractivity contribution in [3.8, 4) is 22.4 Å². The molecule has 2 aromatic heterocycles. The predicted octanol–water partition coefficient (Wildman–Crippen LogP) is 3.14. The lowest BCUT2D eigenvalue weighted by atomic mass is 10.0. The van der Waals surface area contributed by atoms with Crippen LogP contribution in [0, 0.1) is 17.5 Å². The average molecular weight is 290 g/mol. The van der Waals surface area contributed by atoms with E-state index in [9.17, 15) is 13.2 Å². The number of benzene rings is 1. The zero-order valence-corrected chi connectivity index (χ0v) is 10.6. The maximum atomic E-state index is 13.8. The van der Waals surface area contributed by atoms with Gasteiger partial charge in [-0.3, -0.25) is 10.1 Å². The number of hydrogen-bond acceptors (Lipinski definition) is 3. The van der Waals surface area contributed by atoms with E-state index in [0.29, 0.717) is 0 Å². The molecule has 3 N–H and O–H groups in total. The van der Waals surface area contributed by atoms with Crippen LogP contribution in [0.5, 0.6) is 0 Å². The van der Waals surface area contributed by atoms with E-state index >= 15 is 0 Å². The second-order valence-electron chi connectivity index (χ2n) is 4.37. The van der Waals surface area contributed by atoms with Crippen LogP contribution in [0.15, 0.2) is 36.7 Å². The molecular weight excluding hydrogens is 281 g/mol. The minimum Gasteiger partial charge on any atom is -0.382 e. The van der Waals surface area contributed by atoms with Crippen LogP contribution in [-0.4, -0.2) is 15.2 Å². The molecule has 0 atom stereocenters. The number of nitrogens with two attached hydrogens (primary N) is 1. The minimum absolute atomic E-state index is 0.0196. The van der Waals surface area contributed by atoms with Crippen LogP contribution in [0.2, 0.25) is 0 Å². The highest BCUT2D eigenvalue weighted by Gasteiger charge is 2.18. The molecule has 3 rings (SSSR count). The lowest BCUT2D eigenvalue weighted by molar-refractivity contribution is 0.584. The van der Waals surface area contributed by atoms with E-state index in [2.05, 4.69) is 15.2 Å². The van der Waals surface area contributed by atoms with Gasteiger partial charge in [0.1, 0.15) is 11.6 Å². The Hall–Kier alpha value is -2.83. The van der Waals surface area contributed by atoms with E-state index in [0.717, 1.165) is 24.4 Å². The molecule has 0 fully saturated rings. The molecule has 0 aliphatic heterocycles. The summed E-state index contributed by atoms with van der Waals surface area (Å²) in [6, 6.07) is 4.37. The number of anilines is 1. The van der Waals surface area contributed by atoms with Gasteiger partial charge >= 0.3 is 0 Å². The fourth-order valence-corrected chi connectivity index (χ4v) is 2.12. The molecule has 0 unspecified atom stereocenters. The van der Waals surface area contributed by atoms with Crippen molar-refractivity contribution < 1.29 is 13.2 Å². The second kappa shape index (κ2) is 4.93. The molecule has 3 aromatic rings. The first-order valence-electron chi connectivity index (χ1n) is 5.96. The van der Waals surface area contributed by atoms with E-state index < -0.39 is 17.5 Å². The molecule has 1 aromatic carbocycles. The van der Waals surface area contributed by atoms with Crippen LogP contribution in [0.25, 0.3) is 22.4 Å². The Morgan fingerprint density at radius 1 is 1.05 bits per heavy atom. The van der Waals surface area contributed by atoms with Crippen molar-refractivity contribution in [1.29, 1.82) is 0 Å². The van der Waals surface area contributed by atoms with Crippen molar-refractivity contribution in [3.63, 3.8) is 0 Å². The lowest BCUT2D eigenvalue weighted by Crippen LogP contribution is -1.92. The maximum absolute atomic E-state index is 13.8. The summed E-state index contributed by atoms with van der Waals surface area (Å²) in [7, 11) is 0. The van der Waals surface area contributed by atoms with Crippen molar-refractivity contribution in [1.82, 2.24) is 15.2 Å². The third kappa shape index (κ3) is 2.33. The highest BCUT2D eigenvalue weighted by molar-refractivity contribution is 5.87. The molecule has 2 heterocycles. The van der Waals surface area contributed by atoms with Gasteiger partial charge in [-0.1, -0.05) is 0 Å². The Morgan fingerprint density at radius 3 is 2.43 bits per heavy atom. The standard InChI is InChI=1S/C14H9F3N4/c15-8-3-7(4-9(16)5-8)12-13(20-21-14(12)18)10-1-2-19-6-11(10)17/h1-6H,(H3,18,20,21). The van der Waals surface area contributed by atoms with Gasteiger partial charge in [-0.15, -0.1) is 0 Å². The van der Waals surface area contributed by atoms with Crippen LogP contribution in [0.3, 0.4) is 0 Å². The smallest absolute Gasteiger partial charge is 0.153 e. The summed E-state index contributed by atoms with van der Waals surface area (Å²) in [5.74, 6) is -2.09. The summed E-state index contributed by atoms with van der Waals surface area (Å²) >= 11 is 0. The van der Waals surface area contributed by atoms with Crippen LogP contribution >= 0.6 is 0 Å². The van der Waals surface area contributed by atoms with Crippen LogP contribution in [0.1, 0.15) is 0 Å². The highest BCUT2D eigenvalue weighted by atomic mass is 19.1. The highest BCUT2D eigenvalue weighted by Crippen LogP contribution is 2.36.